The lowest BCUT2D eigenvalue weighted by Crippen LogP contribution is -1.96. The molecule has 1 heterocycles. The largest absolute Gasteiger partial charge is 0.457 e. The molecule has 1 aliphatic rings. The van der Waals surface area contributed by atoms with Crippen LogP contribution in [0, 0.1) is 0 Å². The minimum Gasteiger partial charge on any atom is -0.457 e. The Hall–Kier alpha value is -1.35. The summed E-state index contributed by atoms with van der Waals surface area (Å²) in [6.07, 6.45) is 3.38. The van der Waals surface area contributed by atoms with Crippen molar-refractivity contribution < 1.29 is 14.6 Å². The lowest BCUT2D eigenvalue weighted by molar-refractivity contribution is -0.134. The molecule has 1 N–H and O–H groups in total. The monoisotopic (exact) mass is 240 g/mol. The van der Waals surface area contributed by atoms with Gasteiger partial charge in [-0.05, 0) is 24.1 Å². The Morgan fingerprint density at radius 2 is 1.94 bits per heavy atom. The number of rotatable bonds is 2. The number of carbonyl (C=O) groups excluding carboxylic acids is 1. The van der Waals surface area contributed by atoms with E-state index in [-0.39, 0.29) is 12.6 Å². The number of hydrogen-bond donors (Lipinski definition) is 1. The minimum atomic E-state index is -0.345. The standard InChI is InChI=1S/C10H12O3.2C2H6/c1-3-8-6-13-10(12)9(8)4-7(2)5-11;2*1-2/h3-4,11H,2,5-6H2,1H3;2*1-2H3/b8-3-,9-4+;;. The molecule has 1 saturated heterocycles. The summed E-state index contributed by atoms with van der Waals surface area (Å²) in [6, 6.07) is 0. The molecular weight excluding hydrogens is 216 g/mol. The summed E-state index contributed by atoms with van der Waals surface area (Å²) in [5, 5.41) is 8.72. The topological polar surface area (TPSA) is 46.5 Å². The smallest absolute Gasteiger partial charge is 0.338 e. The zero-order valence-electron chi connectivity index (χ0n) is 11.5. The second-order valence-electron chi connectivity index (χ2n) is 2.76. The molecule has 0 saturated carbocycles. The number of carbonyl (C=O) groups is 1. The molecule has 17 heavy (non-hydrogen) atoms. The van der Waals surface area contributed by atoms with Gasteiger partial charge in [0.1, 0.15) is 6.61 Å². The molecule has 0 aromatic rings. The predicted octanol–water partition coefficient (Wildman–Crippen LogP) is 3.02. The Kier molecular flexibility index (Phi) is 11.8. The van der Waals surface area contributed by atoms with Crippen LogP contribution in [0.2, 0.25) is 0 Å². The highest BCUT2D eigenvalue weighted by Crippen LogP contribution is 2.21. The van der Waals surface area contributed by atoms with Gasteiger partial charge in [-0.15, -0.1) is 0 Å². The van der Waals surface area contributed by atoms with Crippen molar-refractivity contribution in [2.45, 2.75) is 34.6 Å². The van der Waals surface area contributed by atoms with Gasteiger partial charge >= 0.3 is 5.97 Å². The Bertz CT molecular complexity index is 299. The molecule has 1 aliphatic heterocycles. The van der Waals surface area contributed by atoms with Gasteiger partial charge in [0, 0.05) is 0 Å². The van der Waals surface area contributed by atoms with Crippen LogP contribution in [-0.4, -0.2) is 24.3 Å². The van der Waals surface area contributed by atoms with E-state index in [1.807, 2.05) is 40.7 Å². The van der Waals surface area contributed by atoms with Crippen LogP contribution in [-0.2, 0) is 9.53 Å². The molecule has 0 spiro atoms. The molecule has 3 heteroatoms. The first-order valence-electron chi connectivity index (χ1n) is 6.02. The van der Waals surface area contributed by atoms with E-state index in [1.54, 1.807) is 6.08 Å². The third-order valence-electron chi connectivity index (χ3n) is 1.82. The maximum atomic E-state index is 11.1. The van der Waals surface area contributed by atoms with Crippen molar-refractivity contribution in [3.05, 3.63) is 35.5 Å². The van der Waals surface area contributed by atoms with Gasteiger partial charge in [0.2, 0.25) is 0 Å². The van der Waals surface area contributed by atoms with E-state index in [2.05, 4.69) is 6.58 Å². The summed E-state index contributed by atoms with van der Waals surface area (Å²) >= 11 is 0. The molecule has 3 nitrogen and oxygen atoms in total. The number of aliphatic hydroxyl groups is 1. The SMILES string of the molecule is C=C(/C=C1/C(=O)OC/C1=C/C)CO.CC.CC. The summed E-state index contributed by atoms with van der Waals surface area (Å²) in [5.74, 6) is -0.345. The van der Waals surface area contributed by atoms with Crippen LogP contribution in [0.3, 0.4) is 0 Å². The van der Waals surface area contributed by atoms with E-state index < -0.39 is 0 Å². The van der Waals surface area contributed by atoms with Crippen molar-refractivity contribution in [1.29, 1.82) is 0 Å². The average molecular weight is 240 g/mol. The zero-order valence-corrected chi connectivity index (χ0v) is 11.5. The van der Waals surface area contributed by atoms with E-state index in [4.69, 9.17) is 9.84 Å². The molecule has 0 bridgehead atoms. The fourth-order valence-electron chi connectivity index (χ4n) is 1.07. The number of esters is 1. The quantitative estimate of drug-likeness (QED) is 0.596. The van der Waals surface area contributed by atoms with Crippen molar-refractivity contribution in [2.24, 2.45) is 0 Å². The van der Waals surface area contributed by atoms with Gasteiger partial charge < -0.3 is 9.84 Å². The fourth-order valence-corrected chi connectivity index (χ4v) is 1.07. The normalized spacial score (nSPS) is 17.9. The predicted molar refractivity (Wildman–Crippen MR) is 71.7 cm³/mol. The third kappa shape index (κ3) is 6.07. The van der Waals surface area contributed by atoms with Gasteiger partial charge in [-0.25, -0.2) is 4.79 Å². The van der Waals surface area contributed by atoms with Gasteiger partial charge in [-0.2, -0.15) is 0 Å². The highest BCUT2D eigenvalue weighted by Gasteiger charge is 2.23. The second-order valence-corrected chi connectivity index (χ2v) is 2.76. The molecule has 0 unspecified atom stereocenters. The van der Waals surface area contributed by atoms with Crippen LogP contribution in [0.1, 0.15) is 34.6 Å². The number of cyclic esters (lactones) is 1. The minimum absolute atomic E-state index is 0.145. The van der Waals surface area contributed by atoms with Crippen molar-refractivity contribution >= 4 is 5.97 Å². The van der Waals surface area contributed by atoms with E-state index >= 15 is 0 Å². The van der Waals surface area contributed by atoms with Crippen LogP contribution in [0.4, 0.5) is 0 Å². The molecule has 0 aliphatic carbocycles. The maximum Gasteiger partial charge on any atom is 0.338 e. The van der Waals surface area contributed by atoms with Crippen LogP contribution in [0.15, 0.2) is 35.5 Å². The molecule has 0 aromatic carbocycles. The molecular formula is C14H24O3. The molecule has 0 atom stereocenters. The average Bonchev–Trinajstić information content (AvgIpc) is 2.75. The van der Waals surface area contributed by atoms with E-state index in [1.165, 1.54) is 0 Å². The van der Waals surface area contributed by atoms with Gasteiger partial charge in [0.05, 0.1) is 12.2 Å². The second kappa shape index (κ2) is 11.1. The molecule has 1 fully saturated rings. The number of hydrogen-bond acceptors (Lipinski definition) is 3. The Balaban J connectivity index is 0. The first-order chi connectivity index (χ1) is 8.19. The van der Waals surface area contributed by atoms with Crippen molar-refractivity contribution in [3.8, 4) is 0 Å². The van der Waals surface area contributed by atoms with Crippen LogP contribution in [0.5, 0.6) is 0 Å². The Labute approximate surface area is 104 Å². The lowest BCUT2D eigenvalue weighted by Gasteiger charge is -1.95. The highest BCUT2D eigenvalue weighted by molar-refractivity contribution is 5.96. The summed E-state index contributed by atoms with van der Waals surface area (Å²) in [6.45, 7) is 13.6. The van der Waals surface area contributed by atoms with Gasteiger partial charge in [0.25, 0.3) is 0 Å². The van der Waals surface area contributed by atoms with Crippen LogP contribution >= 0.6 is 0 Å². The Morgan fingerprint density at radius 3 is 2.35 bits per heavy atom. The summed E-state index contributed by atoms with van der Waals surface area (Å²) in [7, 11) is 0. The van der Waals surface area contributed by atoms with Gasteiger partial charge in [0.15, 0.2) is 0 Å². The van der Waals surface area contributed by atoms with Crippen LogP contribution < -0.4 is 0 Å². The number of ether oxygens (including phenoxy) is 1. The number of allylic oxidation sites excluding steroid dienone is 1. The van der Waals surface area contributed by atoms with Gasteiger partial charge in [-0.1, -0.05) is 40.3 Å². The van der Waals surface area contributed by atoms with Crippen molar-refractivity contribution in [2.75, 3.05) is 13.2 Å². The van der Waals surface area contributed by atoms with E-state index in [0.29, 0.717) is 17.8 Å². The van der Waals surface area contributed by atoms with Gasteiger partial charge in [-0.3, -0.25) is 0 Å². The summed E-state index contributed by atoms with van der Waals surface area (Å²) in [4.78, 5) is 11.1. The molecule has 1 rings (SSSR count). The molecule has 0 amide bonds. The molecule has 0 aromatic heterocycles. The first-order valence-corrected chi connectivity index (χ1v) is 6.02. The maximum absolute atomic E-state index is 11.1. The zero-order chi connectivity index (χ0) is 13.8. The molecule has 0 radical (unpaired) electrons. The van der Waals surface area contributed by atoms with Crippen LogP contribution in [0.25, 0.3) is 0 Å². The lowest BCUT2D eigenvalue weighted by atomic mass is 10.1. The molecule has 98 valence electrons. The van der Waals surface area contributed by atoms with Crippen molar-refractivity contribution in [1.82, 2.24) is 0 Å². The third-order valence-corrected chi connectivity index (χ3v) is 1.82. The fraction of sp³-hybridized carbons (Fsp3) is 0.500. The summed E-state index contributed by atoms with van der Waals surface area (Å²) < 4.78 is 4.82. The highest BCUT2D eigenvalue weighted by atomic mass is 16.5. The van der Waals surface area contributed by atoms with E-state index in [9.17, 15) is 4.79 Å². The Morgan fingerprint density at radius 1 is 1.41 bits per heavy atom. The summed E-state index contributed by atoms with van der Waals surface area (Å²) in [5.41, 5.74) is 1.86. The first kappa shape index (κ1) is 18.0. The number of aliphatic hydroxyl groups excluding tert-OH is 1. The van der Waals surface area contributed by atoms with Crippen molar-refractivity contribution in [3.63, 3.8) is 0 Å². The van der Waals surface area contributed by atoms with E-state index in [0.717, 1.165) is 5.57 Å².